The molecule has 116 valence electrons. The third kappa shape index (κ3) is 2.92. The van der Waals surface area contributed by atoms with Gasteiger partial charge in [-0.3, -0.25) is 0 Å². The first-order chi connectivity index (χ1) is 10.4. The minimum Gasteiger partial charge on any atom is -0.356 e. The van der Waals surface area contributed by atoms with E-state index < -0.39 is 0 Å². The van der Waals surface area contributed by atoms with Gasteiger partial charge in [0.15, 0.2) is 0 Å². The van der Waals surface area contributed by atoms with E-state index in [1.165, 1.54) is 0 Å². The zero-order chi connectivity index (χ0) is 15.9. The SMILES string of the molecule is Cc1cccc(N2CCC(C)(c3cc(Cl)c(Cl)c(Cl)c3)C2)n1. The molecule has 1 fully saturated rings. The second-order valence-electron chi connectivity index (χ2n) is 6.12. The third-order valence-corrected chi connectivity index (χ3v) is 5.55. The van der Waals surface area contributed by atoms with Gasteiger partial charge in [0.1, 0.15) is 5.82 Å². The molecule has 1 atom stereocenters. The molecular weight excluding hydrogens is 339 g/mol. The molecule has 22 heavy (non-hydrogen) atoms. The van der Waals surface area contributed by atoms with Crippen LogP contribution in [0, 0.1) is 6.92 Å². The van der Waals surface area contributed by atoms with Crippen molar-refractivity contribution < 1.29 is 0 Å². The van der Waals surface area contributed by atoms with Crippen molar-refractivity contribution in [3.8, 4) is 0 Å². The number of anilines is 1. The fraction of sp³-hybridized carbons (Fsp3) is 0.353. The number of aryl methyl sites for hydroxylation is 1. The van der Waals surface area contributed by atoms with E-state index in [0.717, 1.165) is 36.6 Å². The molecule has 1 unspecified atom stereocenters. The molecular formula is C17H17Cl3N2. The summed E-state index contributed by atoms with van der Waals surface area (Å²) in [5.41, 5.74) is 2.15. The third-order valence-electron chi connectivity index (χ3n) is 4.35. The van der Waals surface area contributed by atoms with Crippen molar-refractivity contribution in [2.75, 3.05) is 18.0 Å². The summed E-state index contributed by atoms with van der Waals surface area (Å²) in [5.74, 6) is 1.02. The molecule has 0 bridgehead atoms. The van der Waals surface area contributed by atoms with Gasteiger partial charge in [-0.15, -0.1) is 0 Å². The van der Waals surface area contributed by atoms with Gasteiger partial charge in [0.25, 0.3) is 0 Å². The monoisotopic (exact) mass is 354 g/mol. The van der Waals surface area contributed by atoms with Gasteiger partial charge in [-0.1, -0.05) is 47.8 Å². The van der Waals surface area contributed by atoms with Crippen molar-refractivity contribution in [1.29, 1.82) is 0 Å². The molecule has 1 aliphatic heterocycles. The van der Waals surface area contributed by atoms with Crippen LogP contribution in [0.5, 0.6) is 0 Å². The molecule has 0 saturated carbocycles. The Labute approximate surface area is 146 Å². The Morgan fingerprint density at radius 2 is 1.82 bits per heavy atom. The number of nitrogens with zero attached hydrogens (tertiary/aromatic N) is 2. The predicted molar refractivity (Wildman–Crippen MR) is 94.6 cm³/mol. The maximum Gasteiger partial charge on any atom is 0.128 e. The van der Waals surface area contributed by atoms with Crippen molar-refractivity contribution in [1.82, 2.24) is 4.98 Å². The normalized spacial score (nSPS) is 21.4. The van der Waals surface area contributed by atoms with E-state index in [0.29, 0.717) is 15.1 Å². The minimum absolute atomic E-state index is 0.0106. The molecule has 1 aromatic heterocycles. The van der Waals surface area contributed by atoms with Crippen LogP contribution in [0.2, 0.25) is 15.1 Å². The van der Waals surface area contributed by atoms with Gasteiger partial charge in [-0.05, 0) is 43.2 Å². The number of aromatic nitrogens is 1. The topological polar surface area (TPSA) is 16.1 Å². The molecule has 5 heteroatoms. The largest absolute Gasteiger partial charge is 0.356 e. The highest BCUT2D eigenvalue weighted by Gasteiger charge is 2.36. The number of benzene rings is 1. The molecule has 0 amide bonds. The second-order valence-corrected chi connectivity index (χ2v) is 7.32. The van der Waals surface area contributed by atoms with Crippen molar-refractivity contribution in [3.63, 3.8) is 0 Å². The van der Waals surface area contributed by atoms with Crippen LogP contribution in [0.4, 0.5) is 5.82 Å². The van der Waals surface area contributed by atoms with Crippen LogP contribution in [-0.4, -0.2) is 18.1 Å². The van der Waals surface area contributed by atoms with Crippen LogP contribution in [-0.2, 0) is 5.41 Å². The van der Waals surface area contributed by atoms with E-state index in [4.69, 9.17) is 34.8 Å². The summed E-state index contributed by atoms with van der Waals surface area (Å²) >= 11 is 18.4. The summed E-state index contributed by atoms with van der Waals surface area (Å²) < 4.78 is 0. The summed E-state index contributed by atoms with van der Waals surface area (Å²) in [6.45, 7) is 6.10. The van der Waals surface area contributed by atoms with Crippen molar-refractivity contribution in [2.24, 2.45) is 0 Å². The average molecular weight is 356 g/mol. The molecule has 0 aliphatic carbocycles. The highest BCUT2D eigenvalue weighted by atomic mass is 35.5. The Bertz CT molecular complexity index is 694. The number of halogens is 3. The van der Waals surface area contributed by atoms with E-state index in [-0.39, 0.29) is 5.41 Å². The zero-order valence-corrected chi connectivity index (χ0v) is 14.8. The first-order valence-electron chi connectivity index (χ1n) is 7.23. The van der Waals surface area contributed by atoms with E-state index >= 15 is 0 Å². The quantitative estimate of drug-likeness (QED) is 0.659. The highest BCUT2D eigenvalue weighted by Crippen LogP contribution is 2.40. The van der Waals surface area contributed by atoms with Crippen molar-refractivity contribution in [2.45, 2.75) is 25.7 Å². The molecule has 1 aliphatic rings. The number of hydrogen-bond donors (Lipinski definition) is 0. The lowest BCUT2D eigenvalue weighted by molar-refractivity contribution is 0.531. The Balaban J connectivity index is 1.90. The van der Waals surface area contributed by atoms with Crippen LogP contribution in [0.25, 0.3) is 0 Å². The summed E-state index contributed by atoms with van der Waals surface area (Å²) in [4.78, 5) is 6.93. The highest BCUT2D eigenvalue weighted by molar-refractivity contribution is 6.48. The van der Waals surface area contributed by atoms with E-state index in [9.17, 15) is 0 Å². The lowest BCUT2D eigenvalue weighted by atomic mass is 9.82. The number of pyridine rings is 1. The Morgan fingerprint density at radius 3 is 2.45 bits per heavy atom. The van der Waals surface area contributed by atoms with Crippen LogP contribution in [0.1, 0.15) is 24.6 Å². The van der Waals surface area contributed by atoms with Gasteiger partial charge in [-0.2, -0.15) is 0 Å². The molecule has 3 rings (SSSR count). The lowest BCUT2D eigenvalue weighted by Crippen LogP contribution is -2.28. The second kappa shape index (κ2) is 5.92. The van der Waals surface area contributed by atoms with Crippen molar-refractivity contribution in [3.05, 3.63) is 56.7 Å². The minimum atomic E-state index is -0.0106. The number of rotatable bonds is 2. The van der Waals surface area contributed by atoms with Gasteiger partial charge in [0.2, 0.25) is 0 Å². The molecule has 1 saturated heterocycles. The van der Waals surface area contributed by atoms with Gasteiger partial charge in [0.05, 0.1) is 15.1 Å². The van der Waals surface area contributed by atoms with Crippen LogP contribution in [0.3, 0.4) is 0 Å². The van der Waals surface area contributed by atoms with Crippen LogP contribution < -0.4 is 4.90 Å². The molecule has 1 aromatic carbocycles. The maximum atomic E-state index is 6.19. The van der Waals surface area contributed by atoms with Gasteiger partial charge in [-0.25, -0.2) is 4.98 Å². The zero-order valence-electron chi connectivity index (χ0n) is 12.5. The molecule has 2 aromatic rings. The fourth-order valence-corrected chi connectivity index (χ4v) is 3.60. The Morgan fingerprint density at radius 1 is 1.14 bits per heavy atom. The summed E-state index contributed by atoms with van der Waals surface area (Å²) in [6.07, 6.45) is 1.02. The van der Waals surface area contributed by atoms with E-state index in [1.807, 2.05) is 31.2 Å². The first kappa shape index (κ1) is 15.9. The molecule has 2 heterocycles. The molecule has 0 N–H and O–H groups in total. The van der Waals surface area contributed by atoms with Gasteiger partial charge >= 0.3 is 0 Å². The Hall–Kier alpha value is -0.960. The molecule has 0 radical (unpaired) electrons. The van der Waals surface area contributed by atoms with Crippen molar-refractivity contribution >= 4 is 40.6 Å². The van der Waals surface area contributed by atoms with Gasteiger partial charge < -0.3 is 4.90 Å². The Kier molecular flexibility index (Phi) is 4.28. The summed E-state index contributed by atoms with van der Waals surface area (Å²) in [5, 5.41) is 1.45. The summed E-state index contributed by atoms with van der Waals surface area (Å²) in [6, 6.07) is 9.98. The maximum absolute atomic E-state index is 6.19. The summed E-state index contributed by atoms with van der Waals surface area (Å²) in [7, 11) is 0. The number of hydrogen-bond acceptors (Lipinski definition) is 2. The van der Waals surface area contributed by atoms with Gasteiger partial charge in [0, 0.05) is 24.2 Å². The smallest absolute Gasteiger partial charge is 0.128 e. The lowest BCUT2D eigenvalue weighted by Gasteiger charge is -2.26. The standard InChI is InChI=1S/C17H17Cl3N2/c1-11-4-3-5-15(21-11)22-7-6-17(2,10-22)12-8-13(18)16(20)14(19)9-12/h3-5,8-9H,6-7,10H2,1-2H3. The average Bonchev–Trinajstić information content (AvgIpc) is 2.88. The van der Waals surface area contributed by atoms with E-state index in [1.54, 1.807) is 0 Å². The molecule has 2 nitrogen and oxygen atoms in total. The van der Waals surface area contributed by atoms with Crippen LogP contribution >= 0.6 is 34.8 Å². The van der Waals surface area contributed by atoms with Crippen LogP contribution in [0.15, 0.2) is 30.3 Å². The first-order valence-corrected chi connectivity index (χ1v) is 8.36. The predicted octanol–water partition coefficient (Wildman–Crippen LogP) is 5.52. The molecule has 0 spiro atoms. The fourth-order valence-electron chi connectivity index (χ4n) is 3.00. The van der Waals surface area contributed by atoms with E-state index in [2.05, 4.69) is 22.9 Å².